The topological polar surface area (TPSA) is 105 Å². The van der Waals surface area contributed by atoms with Gasteiger partial charge in [0.25, 0.3) is 0 Å². The highest BCUT2D eigenvalue weighted by atomic mass is 32.2. The molecule has 2 aromatic heterocycles. The zero-order valence-corrected chi connectivity index (χ0v) is 16.9. The van der Waals surface area contributed by atoms with Crippen molar-refractivity contribution in [3.8, 4) is 10.7 Å². The zero-order valence-electron chi connectivity index (χ0n) is 15.3. The molecule has 1 saturated heterocycles. The van der Waals surface area contributed by atoms with Crippen LogP contribution in [0.2, 0.25) is 0 Å². The average molecular weight is 411 g/mol. The Bertz CT molecular complexity index is 961. The molecule has 0 spiro atoms. The Labute approximate surface area is 162 Å². The molecule has 1 amide bonds. The van der Waals surface area contributed by atoms with Crippen molar-refractivity contribution in [3.05, 3.63) is 16.8 Å². The molecule has 2 aliphatic rings. The van der Waals surface area contributed by atoms with E-state index in [2.05, 4.69) is 15.5 Å². The maximum absolute atomic E-state index is 13.2. The number of thiophene rings is 1. The molecular weight excluding hydrogens is 388 g/mol. The van der Waals surface area contributed by atoms with Gasteiger partial charge >= 0.3 is 0 Å². The largest absolute Gasteiger partial charge is 0.353 e. The van der Waals surface area contributed by atoms with E-state index in [9.17, 15) is 13.2 Å². The van der Waals surface area contributed by atoms with Gasteiger partial charge in [0.05, 0.1) is 15.7 Å². The SMILES string of the molecule is Cc1nc(-c2cc(S(=O)(=O)N3CCC[C@H](C(=O)NC4CC4)C3)c(C)s2)no1. The van der Waals surface area contributed by atoms with Crippen molar-refractivity contribution in [1.29, 1.82) is 0 Å². The summed E-state index contributed by atoms with van der Waals surface area (Å²) in [5, 5.41) is 6.86. The van der Waals surface area contributed by atoms with Gasteiger partial charge in [-0.3, -0.25) is 4.79 Å². The second kappa shape index (κ2) is 6.99. The summed E-state index contributed by atoms with van der Waals surface area (Å²) in [6.07, 6.45) is 3.45. The van der Waals surface area contributed by atoms with Gasteiger partial charge in [-0.25, -0.2) is 8.42 Å². The summed E-state index contributed by atoms with van der Waals surface area (Å²) in [5.41, 5.74) is 0. The molecule has 0 bridgehead atoms. The third-order valence-electron chi connectivity index (χ3n) is 4.92. The summed E-state index contributed by atoms with van der Waals surface area (Å²) < 4.78 is 32.8. The minimum absolute atomic E-state index is 0.0256. The second-order valence-corrected chi connectivity index (χ2v) is 10.3. The summed E-state index contributed by atoms with van der Waals surface area (Å²) in [7, 11) is -3.67. The van der Waals surface area contributed by atoms with E-state index in [0.717, 1.165) is 19.3 Å². The number of sulfonamides is 1. The van der Waals surface area contributed by atoms with Gasteiger partial charge in [-0.15, -0.1) is 11.3 Å². The van der Waals surface area contributed by atoms with Crippen LogP contribution in [0, 0.1) is 19.8 Å². The maximum atomic E-state index is 13.2. The lowest BCUT2D eigenvalue weighted by molar-refractivity contribution is -0.126. The maximum Gasteiger partial charge on any atom is 0.244 e. The van der Waals surface area contributed by atoms with Gasteiger partial charge in [-0.1, -0.05) is 5.16 Å². The lowest BCUT2D eigenvalue weighted by Crippen LogP contribution is -2.45. The van der Waals surface area contributed by atoms with E-state index < -0.39 is 10.0 Å². The first-order valence-corrected chi connectivity index (χ1v) is 11.3. The van der Waals surface area contributed by atoms with Gasteiger partial charge in [-0.2, -0.15) is 9.29 Å². The Balaban J connectivity index is 1.55. The third kappa shape index (κ3) is 3.78. The molecule has 1 N–H and O–H groups in total. The van der Waals surface area contributed by atoms with E-state index >= 15 is 0 Å². The van der Waals surface area contributed by atoms with Gasteiger partial charge in [0, 0.05) is 30.9 Å². The number of amides is 1. The van der Waals surface area contributed by atoms with Gasteiger partial charge in [0.15, 0.2) is 0 Å². The number of nitrogens with zero attached hydrogens (tertiary/aromatic N) is 3. The van der Waals surface area contributed by atoms with Crippen LogP contribution in [0.1, 0.15) is 36.5 Å². The van der Waals surface area contributed by atoms with Crippen LogP contribution in [-0.2, 0) is 14.8 Å². The van der Waals surface area contributed by atoms with Crippen LogP contribution in [0.5, 0.6) is 0 Å². The van der Waals surface area contributed by atoms with Crippen molar-refractivity contribution < 1.29 is 17.7 Å². The zero-order chi connectivity index (χ0) is 19.2. The lowest BCUT2D eigenvalue weighted by Gasteiger charge is -2.31. The van der Waals surface area contributed by atoms with Crippen LogP contribution in [0.25, 0.3) is 10.7 Å². The highest BCUT2D eigenvalue weighted by Crippen LogP contribution is 2.35. The molecule has 4 rings (SSSR count). The molecule has 0 unspecified atom stereocenters. The molecule has 1 aliphatic carbocycles. The fraction of sp³-hybridized carbons (Fsp3) is 0.588. The normalized spacial score (nSPS) is 21.3. The number of hydrogen-bond acceptors (Lipinski definition) is 7. The van der Waals surface area contributed by atoms with Crippen molar-refractivity contribution in [2.24, 2.45) is 5.92 Å². The monoisotopic (exact) mass is 410 g/mol. The molecule has 0 radical (unpaired) electrons. The fourth-order valence-electron chi connectivity index (χ4n) is 3.29. The van der Waals surface area contributed by atoms with Crippen molar-refractivity contribution in [2.75, 3.05) is 13.1 Å². The molecule has 0 aromatic carbocycles. The molecule has 8 nitrogen and oxygen atoms in total. The highest BCUT2D eigenvalue weighted by Gasteiger charge is 2.36. The minimum Gasteiger partial charge on any atom is -0.353 e. The first kappa shape index (κ1) is 18.6. The van der Waals surface area contributed by atoms with E-state index in [4.69, 9.17) is 4.52 Å². The molecule has 1 atom stereocenters. The number of carbonyl (C=O) groups excluding carboxylic acids is 1. The standard InChI is InChI=1S/C17H22N4O4S2/c1-10-15(8-14(26-10)16-18-11(2)25-20-16)27(23,24)21-7-3-4-12(9-21)17(22)19-13-5-6-13/h8,12-13H,3-7,9H2,1-2H3,(H,19,22)/t12-/m0/s1. The molecule has 1 aliphatic heterocycles. The van der Waals surface area contributed by atoms with Crippen LogP contribution >= 0.6 is 11.3 Å². The van der Waals surface area contributed by atoms with E-state index in [1.807, 2.05) is 0 Å². The van der Waals surface area contributed by atoms with Gasteiger partial charge in [0.1, 0.15) is 0 Å². The molecule has 1 saturated carbocycles. The van der Waals surface area contributed by atoms with Crippen LogP contribution in [0.15, 0.2) is 15.5 Å². The van der Waals surface area contributed by atoms with Crippen molar-refractivity contribution >= 4 is 27.3 Å². The predicted molar refractivity (Wildman–Crippen MR) is 99.7 cm³/mol. The summed E-state index contributed by atoms with van der Waals surface area (Å²) in [6.45, 7) is 4.12. The summed E-state index contributed by atoms with van der Waals surface area (Å²) >= 11 is 1.33. The summed E-state index contributed by atoms with van der Waals surface area (Å²) in [6, 6.07) is 1.89. The van der Waals surface area contributed by atoms with Crippen LogP contribution in [-0.4, -0.2) is 47.9 Å². The Morgan fingerprint density at radius 2 is 2.11 bits per heavy atom. The van der Waals surface area contributed by atoms with Crippen LogP contribution in [0.3, 0.4) is 0 Å². The van der Waals surface area contributed by atoms with Crippen LogP contribution in [0.4, 0.5) is 0 Å². The van der Waals surface area contributed by atoms with E-state index in [1.165, 1.54) is 15.6 Å². The van der Waals surface area contributed by atoms with Gasteiger partial charge < -0.3 is 9.84 Å². The molecular formula is C17H22N4O4S2. The average Bonchev–Trinajstić information content (AvgIpc) is 3.20. The number of hydrogen-bond donors (Lipinski definition) is 1. The Hall–Kier alpha value is -1.78. The first-order chi connectivity index (χ1) is 12.8. The fourth-order valence-corrected chi connectivity index (χ4v) is 6.30. The molecule has 10 heteroatoms. The Morgan fingerprint density at radius 3 is 2.78 bits per heavy atom. The lowest BCUT2D eigenvalue weighted by atomic mass is 9.99. The molecule has 146 valence electrons. The molecule has 2 aromatic rings. The van der Waals surface area contributed by atoms with E-state index in [1.54, 1.807) is 19.9 Å². The number of aryl methyl sites for hydroxylation is 2. The van der Waals surface area contributed by atoms with E-state index in [-0.39, 0.29) is 29.3 Å². The number of aromatic nitrogens is 2. The van der Waals surface area contributed by atoms with Crippen molar-refractivity contribution in [2.45, 2.75) is 50.5 Å². The minimum atomic E-state index is -3.67. The molecule has 27 heavy (non-hydrogen) atoms. The van der Waals surface area contributed by atoms with Crippen molar-refractivity contribution in [3.63, 3.8) is 0 Å². The first-order valence-electron chi connectivity index (χ1n) is 9.06. The predicted octanol–water partition coefficient (Wildman–Crippen LogP) is 2.09. The van der Waals surface area contributed by atoms with Gasteiger partial charge in [0.2, 0.25) is 27.6 Å². The summed E-state index contributed by atoms with van der Waals surface area (Å²) in [5.74, 6) is 0.512. The Kier molecular flexibility index (Phi) is 4.81. The number of piperidine rings is 1. The van der Waals surface area contributed by atoms with Crippen LogP contribution < -0.4 is 5.32 Å². The molecule has 2 fully saturated rings. The quantitative estimate of drug-likeness (QED) is 0.809. The number of nitrogens with one attached hydrogen (secondary N) is 1. The van der Waals surface area contributed by atoms with E-state index in [0.29, 0.717) is 34.4 Å². The smallest absolute Gasteiger partial charge is 0.244 e. The Morgan fingerprint density at radius 1 is 1.33 bits per heavy atom. The number of carbonyl (C=O) groups is 1. The molecule has 3 heterocycles. The second-order valence-electron chi connectivity index (χ2n) is 7.15. The summed E-state index contributed by atoms with van der Waals surface area (Å²) in [4.78, 5) is 18.1. The van der Waals surface area contributed by atoms with Gasteiger partial charge in [-0.05, 0) is 38.7 Å². The van der Waals surface area contributed by atoms with Crippen molar-refractivity contribution in [1.82, 2.24) is 19.8 Å². The highest BCUT2D eigenvalue weighted by molar-refractivity contribution is 7.89. The third-order valence-corrected chi connectivity index (χ3v) is 8.08. The number of rotatable bonds is 5.